The molecule has 0 atom stereocenters. The molecule has 0 bridgehead atoms. The van der Waals surface area contributed by atoms with Gasteiger partial charge in [-0.1, -0.05) is 11.8 Å². The molecule has 0 fully saturated rings. The van der Waals surface area contributed by atoms with Crippen LogP contribution in [0.3, 0.4) is 0 Å². The first-order chi connectivity index (χ1) is 27.7. The number of benzene rings is 4. The number of nitrogens with two attached hydrogens (primary N) is 1. The summed E-state index contributed by atoms with van der Waals surface area (Å²) in [6, 6.07) is 10.8. The third kappa shape index (κ3) is 11.4. The zero-order valence-electron chi connectivity index (χ0n) is 31.4. The minimum Gasteiger partial charge on any atom is -0.870 e. The Balaban J connectivity index is 0.00000410. The molecule has 0 unspecified atom stereocenters. The number of hydrazine groups is 1. The van der Waals surface area contributed by atoms with Crippen LogP contribution in [0, 0.1) is 15.5 Å². The van der Waals surface area contributed by atoms with Crippen molar-refractivity contribution in [2.24, 2.45) is 24.8 Å². The van der Waals surface area contributed by atoms with E-state index in [1.165, 1.54) is 66.8 Å². The molecule has 0 saturated carbocycles. The fourth-order valence-corrected chi connectivity index (χ4v) is 7.58. The summed E-state index contributed by atoms with van der Waals surface area (Å²) in [6.07, 6.45) is 9.86. The molecule has 2 aliphatic carbocycles. The quantitative estimate of drug-likeness (QED) is 0.0151. The van der Waals surface area contributed by atoms with Crippen molar-refractivity contribution in [1.82, 2.24) is 0 Å². The number of anilines is 3. The van der Waals surface area contributed by atoms with Crippen molar-refractivity contribution in [1.29, 1.82) is 5.41 Å². The number of nitrogens with one attached hydrogen (secondary N) is 4. The molecule has 302 valence electrons. The summed E-state index contributed by atoms with van der Waals surface area (Å²) in [5, 5.41) is 47.0. The Hall–Kier alpha value is -5.29. The molecule has 4 aromatic carbocycles. The van der Waals surface area contributed by atoms with E-state index in [2.05, 4.69) is 35.7 Å². The molecule has 4 aromatic rings. The normalized spacial score (nSPS) is 14.7. The minimum atomic E-state index is -5.11. The molecule has 0 aliphatic heterocycles. The molecule has 0 amide bonds. The van der Waals surface area contributed by atoms with Crippen LogP contribution in [-0.2, 0) is 34.8 Å². The number of hydrogen-bond acceptors (Lipinski definition) is 16. The average molecular weight is 907 g/mol. The Morgan fingerprint density at radius 1 is 0.852 bits per heavy atom. The second kappa shape index (κ2) is 19.2. The fraction of sp³-hybridized carbons (Fsp3) is 0. The number of nitrogens with zero attached hydrogens (tertiary/aromatic N) is 6. The number of azo groups is 1. The van der Waals surface area contributed by atoms with E-state index in [9.17, 15) is 49.9 Å². The van der Waals surface area contributed by atoms with Gasteiger partial charge in [0.15, 0.2) is 0 Å². The van der Waals surface area contributed by atoms with Crippen LogP contribution in [0.1, 0.15) is 0 Å². The van der Waals surface area contributed by atoms with Crippen molar-refractivity contribution in [2.75, 3.05) is 16.6 Å². The smallest absolute Gasteiger partial charge is 0.870 e. The summed E-state index contributed by atoms with van der Waals surface area (Å²) in [5.74, 6) is -1.22. The molecule has 0 radical (unpaired) electrons. The van der Waals surface area contributed by atoms with E-state index >= 15 is 0 Å². The molecule has 0 saturated heterocycles. The van der Waals surface area contributed by atoms with Crippen molar-refractivity contribution >= 4 is 98.4 Å². The predicted octanol–water partition coefficient (Wildman–Crippen LogP) is -0.104. The molecule has 22 nitrogen and oxygen atoms in total. The van der Waals surface area contributed by atoms with Gasteiger partial charge < -0.3 is 27.4 Å². The largest absolute Gasteiger partial charge is 1.00 e. The first kappa shape index (κ1) is 48.4. The molecule has 9 N–H and O–H groups in total. The Morgan fingerprint density at radius 2 is 1.48 bits per heavy atom. The van der Waals surface area contributed by atoms with Crippen LogP contribution >= 0.6 is 0 Å². The topological polar surface area (TPSA) is 372 Å². The van der Waals surface area contributed by atoms with Crippen LogP contribution in [-0.4, -0.2) is 58.3 Å². The van der Waals surface area contributed by atoms with E-state index in [0.29, 0.717) is 5.71 Å². The number of rotatable bonds is 11. The van der Waals surface area contributed by atoms with Crippen molar-refractivity contribution in [2.45, 2.75) is 14.7 Å². The van der Waals surface area contributed by atoms with Crippen LogP contribution in [0.2, 0.25) is 0 Å². The van der Waals surface area contributed by atoms with Gasteiger partial charge in [-0.3, -0.25) is 20.1 Å². The first-order valence-electron chi connectivity index (χ1n) is 16.1. The Morgan fingerprint density at radius 3 is 2.05 bits per heavy atom. The maximum absolute atomic E-state index is 13.8. The monoisotopic (exact) mass is 906 g/mol. The zero-order valence-corrected chi connectivity index (χ0v) is 37.9. The number of sulfonamides is 1. The fourth-order valence-electron chi connectivity index (χ4n) is 5.24. The number of hydrogen-bond donors (Lipinski definition) is 7. The second-order valence-corrected chi connectivity index (χ2v) is 16.5. The molecule has 61 heavy (non-hydrogen) atoms. The van der Waals surface area contributed by atoms with Gasteiger partial charge in [-0.25, -0.2) is 0 Å². The average Bonchev–Trinajstić information content (AvgIpc) is 3.16. The van der Waals surface area contributed by atoms with Gasteiger partial charge >= 0.3 is 69.6 Å². The van der Waals surface area contributed by atoms with Gasteiger partial charge in [-0.2, -0.15) is 45.7 Å². The SMILES string of the molecule is N=C1C=CC(=NN=C2C=CC(=NS(=O)(=O)c3ccc(N=Nc4c([S+](=O)(O)O)cc5cc(S(=O)(=O)O)c(NNc6ccc([N+](=O)[O-])cc6)c(N)c5c4[O-])cc3)C=C2)C([NH-])=C1.[Na+].[Na+]. The molecule has 0 heterocycles. The molecule has 2 aliphatic rings. The summed E-state index contributed by atoms with van der Waals surface area (Å²) in [4.78, 5) is 8.14. The van der Waals surface area contributed by atoms with Crippen molar-refractivity contribution in [3.05, 3.63) is 125 Å². The molecular weight excluding hydrogens is 881 g/mol. The first-order valence-corrected chi connectivity index (χ1v) is 20.5. The number of nitro groups is 1. The maximum atomic E-state index is 13.8. The summed E-state index contributed by atoms with van der Waals surface area (Å²) in [5.41, 5.74) is 17.5. The number of nitro benzene ring substituents is 1. The summed E-state index contributed by atoms with van der Waals surface area (Å²) < 4.78 is 97.4. The molecule has 0 spiro atoms. The number of non-ortho nitro benzene ring substituents is 1. The Kier molecular flexibility index (Phi) is 15.2. The van der Waals surface area contributed by atoms with Gasteiger partial charge in [0.2, 0.25) is 0 Å². The number of fused-ring (bicyclic) bond motifs is 1. The predicted molar refractivity (Wildman–Crippen MR) is 217 cm³/mol. The zero-order chi connectivity index (χ0) is 42.9. The van der Waals surface area contributed by atoms with E-state index in [-0.39, 0.29) is 104 Å². The van der Waals surface area contributed by atoms with Crippen LogP contribution in [0.4, 0.5) is 34.1 Å². The van der Waals surface area contributed by atoms with Crippen molar-refractivity contribution in [3.63, 3.8) is 0 Å². The molecular formula is C34H26N11Na2O11S3+. The van der Waals surface area contributed by atoms with Crippen LogP contribution in [0.15, 0.2) is 148 Å². The Bertz CT molecular complexity index is 2980. The van der Waals surface area contributed by atoms with Gasteiger partial charge in [0.1, 0.15) is 10.6 Å². The second-order valence-electron chi connectivity index (χ2n) is 12.0. The molecule has 6 rings (SSSR count). The standard InChI is InChI=1S/C34H27N11O11S3.2Na/c35-19-1-14-27(26(36)17-19)41-38-20-2-4-23(5-3-20)44-57(49,50)25-12-8-22(9-13-25)40-43-33-29(59(54,55)56)16-18-15-28(58(51,52)53)32(31(37)30(18)34(33)46)42-39-21-6-10-24(11-7-21)45(47)48;;/h1-17H,(H10-,35,36,37,38,39,40,41,42,43,44,46,51,52,53,54,55,56);;/q;2*+1/p-1. The van der Waals surface area contributed by atoms with E-state index in [1.54, 1.807) is 0 Å². The van der Waals surface area contributed by atoms with Crippen LogP contribution < -0.4 is 80.8 Å². The maximum Gasteiger partial charge on any atom is 1.00 e. The molecule has 27 heteroatoms. The summed E-state index contributed by atoms with van der Waals surface area (Å²) in [7, 11) is -14.4. The van der Waals surface area contributed by atoms with Gasteiger partial charge in [0, 0.05) is 23.6 Å². The third-order valence-corrected chi connectivity index (χ3v) is 11.1. The third-order valence-electron chi connectivity index (χ3n) is 8.04. The van der Waals surface area contributed by atoms with Gasteiger partial charge in [-0.05, 0) is 88.5 Å². The minimum absolute atomic E-state index is 0. The number of nitrogen functional groups attached to an aromatic ring is 1. The van der Waals surface area contributed by atoms with E-state index < -0.39 is 78.9 Å². The Labute approximate surface area is 390 Å². The van der Waals surface area contributed by atoms with Crippen LogP contribution in [0.5, 0.6) is 5.75 Å². The van der Waals surface area contributed by atoms with Gasteiger partial charge in [0.25, 0.3) is 30.7 Å². The van der Waals surface area contributed by atoms with Crippen molar-refractivity contribution < 1.29 is 104 Å². The summed E-state index contributed by atoms with van der Waals surface area (Å²) in [6.45, 7) is 0. The molecule has 0 aromatic heterocycles. The summed E-state index contributed by atoms with van der Waals surface area (Å²) >= 11 is 0. The van der Waals surface area contributed by atoms with Gasteiger partial charge in [-0.15, -0.1) is 10.8 Å². The van der Waals surface area contributed by atoms with Gasteiger partial charge in [0.05, 0.1) is 55.4 Å². The van der Waals surface area contributed by atoms with E-state index in [1.807, 2.05) is 0 Å². The number of allylic oxidation sites excluding steroid dienone is 7. The van der Waals surface area contributed by atoms with Crippen LogP contribution in [0.25, 0.3) is 16.5 Å². The van der Waals surface area contributed by atoms with E-state index in [0.717, 1.165) is 36.4 Å². The van der Waals surface area contributed by atoms with Crippen molar-refractivity contribution in [3.8, 4) is 5.75 Å². The van der Waals surface area contributed by atoms with E-state index in [4.69, 9.17) is 16.9 Å².